The zero-order chi connectivity index (χ0) is 24.8. The van der Waals surface area contributed by atoms with E-state index in [0.29, 0.717) is 17.7 Å². The Morgan fingerprint density at radius 2 is 1.66 bits per heavy atom. The van der Waals surface area contributed by atoms with E-state index in [1.165, 1.54) is 32.6 Å². The number of methoxy groups -OCH3 is 2. The minimum atomic E-state index is -0.696. The van der Waals surface area contributed by atoms with Crippen LogP contribution in [-0.2, 0) is 10.3 Å². The summed E-state index contributed by atoms with van der Waals surface area (Å²) in [6.45, 7) is 0. The number of nitro groups is 1. The van der Waals surface area contributed by atoms with Crippen molar-refractivity contribution in [3.05, 3.63) is 99.6 Å². The van der Waals surface area contributed by atoms with Crippen LogP contribution in [0.2, 0.25) is 0 Å². The Kier molecular flexibility index (Phi) is 6.72. The van der Waals surface area contributed by atoms with Gasteiger partial charge in [0.1, 0.15) is 17.0 Å². The van der Waals surface area contributed by atoms with Crippen molar-refractivity contribution in [2.24, 2.45) is 10.2 Å². The van der Waals surface area contributed by atoms with Crippen molar-refractivity contribution in [3.8, 4) is 11.5 Å². The summed E-state index contributed by atoms with van der Waals surface area (Å²) >= 11 is 0. The molecule has 1 heterocycles. The Hall–Kier alpha value is -4.73. The quantitative estimate of drug-likeness (QED) is 0.293. The number of nitrogens with zero attached hydrogens (tertiary/aromatic N) is 3. The van der Waals surface area contributed by atoms with Gasteiger partial charge in [-0.05, 0) is 11.1 Å². The molecule has 0 unspecified atom stereocenters. The van der Waals surface area contributed by atoms with Crippen molar-refractivity contribution in [2.45, 2.75) is 12.0 Å². The molecule has 10 nitrogen and oxygen atoms in total. The second-order valence-corrected chi connectivity index (χ2v) is 7.71. The normalized spacial score (nSPS) is 14.2. The molecule has 1 amide bonds. The predicted molar refractivity (Wildman–Crippen MR) is 131 cm³/mol. The van der Waals surface area contributed by atoms with E-state index in [4.69, 9.17) is 9.47 Å². The molecule has 0 bridgehead atoms. The second kappa shape index (κ2) is 10.0. The van der Waals surface area contributed by atoms with Crippen LogP contribution in [0.15, 0.2) is 83.0 Å². The molecule has 0 saturated heterocycles. The van der Waals surface area contributed by atoms with Gasteiger partial charge < -0.3 is 9.47 Å². The highest BCUT2D eigenvalue weighted by Crippen LogP contribution is 2.36. The molecular formula is C25H23N5O5. The Balaban J connectivity index is 1.54. The van der Waals surface area contributed by atoms with Gasteiger partial charge in [-0.1, -0.05) is 60.7 Å². The minimum absolute atomic E-state index is 0.0533. The molecule has 35 heavy (non-hydrogen) atoms. The molecule has 1 aliphatic heterocycles. The third-order valence-electron chi connectivity index (χ3n) is 5.71. The fourth-order valence-electron chi connectivity index (χ4n) is 3.94. The maximum atomic E-state index is 12.9. The first-order chi connectivity index (χ1) is 17.0. The van der Waals surface area contributed by atoms with Crippen LogP contribution in [0.1, 0.15) is 23.1 Å². The molecule has 178 valence electrons. The van der Waals surface area contributed by atoms with Crippen LogP contribution < -0.4 is 20.3 Å². The van der Waals surface area contributed by atoms with Crippen LogP contribution >= 0.6 is 0 Å². The van der Waals surface area contributed by atoms with E-state index in [9.17, 15) is 14.9 Å². The molecule has 0 fully saturated rings. The summed E-state index contributed by atoms with van der Waals surface area (Å²) in [5.41, 5.74) is 7.16. The summed E-state index contributed by atoms with van der Waals surface area (Å²) in [7, 11) is 2.75. The van der Waals surface area contributed by atoms with Crippen molar-refractivity contribution in [3.63, 3.8) is 0 Å². The monoisotopic (exact) mass is 473 g/mol. The molecule has 1 aliphatic rings. The van der Waals surface area contributed by atoms with Crippen molar-refractivity contribution < 1.29 is 19.2 Å². The largest absolute Gasteiger partial charge is 0.496 e. The van der Waals surface area contributed by atoms with Gasteiger partial charge in [0.2, 0.25) is 5.75 Å². The lowest BCUT2D eigenvalue weighted by Gasteiger charge is -2.30. The summed E-state index contributed by atoms with van der Waals surface area (Å²) in [4.78, 5) is 23.6. The molecule has 0 aliphatic carbocycles. The summed E-state index contributed by atoms with van der Waals surface area (Å²) in [5.74, 6) is -0.139. The van der Waals surface area contributed by atoms with Crippen LogP contribution in [0.3, 0.4) is 0 Å². The number of benzene rings is 3. The number of carbonyl (C=O) groups is 1. The van der Waals surface area contributed by atoms with Crippen molar-refractivity contribution in [1.29, 1.82) is 0 Å². The van der Waals surface area contributed by atoms with E-state index in [0.717, 1.165) is 11.1 Å². The van der Waals surface area contributed by atoms with E-state index >= 15 is 0 Å². The minimum Gasteiger partial charge on any atom is -0.496 e. The number of ether oxygens (including phenoxy) is 2. The molecule has 0 spiro atoms. The van der Waals surface area contributed by atoms with Gasteiger partial charge in [-0.3, -0.25) is 20.3 Å². The van der Waals surface area contributed by atoms with Gasteiger partial charge in [-0.25, -0.2) is 5.43 Å². The smallest absolute Gasteiger partial charge is 0.311 e. The van der Waals surface area contributed by atoms with E-state index in [1.807, 2.05) is 60.7 Å². The van der Waals surface area contributed by atoms with Crippen LogP contribution in [0.4, 0.5) is 5.69 Å². The lowest BCUT2D eigenvalue weighted by atomic mass is 9.80. The predicted octanol–water partition coefficient (Wildman–Crippen LogP) is 3.36. The van der Waals surface area contributed by atoms with E-state index in [2.05, 4.69) is 21.1 Å². The number of carbonyl (C=O) groups excluding carboxylic acids is 1. The Labute approximate surface area is 201 Å². The Bertz CT molecular complexity index is 1250. The Morgan fingerprint density at radius 1 is 1.06 bits per heavy atom. The van der Waals surface area contributed by atoms with Crippen LogP contribution in [0.5, 0.6) is 11.5 Å². The second-order valence-electron chi connectivity index (χ2n) is 7.71. The summed E-state index contributed by atoms with van der Waals surface area (Å²) < 4.78 is 10.3. The molecule has 10 heteroatoms. The molecule has 3 aromatic rings. The number of hydrogen-bond acceptors (Lipinski definition) is 8. The molecule has 0 aromatic heterocycles. The molecule has 0 radical (unpaired) electrons. The number of amides is 1. The van der Waals surface area contributed by atoms with Gasteiger partial charge in [0.05, 0.1) is 25.4 Å². The number of rotatable bonds is 8. The van der Waals surface area contributed by atoms with Gasteiger partial charge in [-0.15, -0.1) is 0 Å². The van der Waals surface area contributed by atoms with Crippen molar-refractivity contribution >= 4 is 23.5 Å². The third-order valence-corrected chi connectivity index (χ3v) is 5.71. The number of hydrogen-bond donors (Lipinski definition) is 2. The third kappa shape index (κ3) is 4.67. The molecular weight excluding hydrogens is 450 g/mol. The topological polar surface area (TPSA) is 127 Å². The molecule has 3 aromatic carbocycles. The fourth-order valence-corrected chi connectivity index (χ4v) is 3.94. The van der Waals surface area contributed by atoms with E-state index in [-0.39, 0.29) is 17.1 Å². The van der Waals surface area contributed by atoms with Gasteiger partial charge in [0.25, 0.3) is 5.91 Å². The average Bonchev–Trinajstić information content (AvgIpc) is 3.36. The number of nitro benzene ring substituents is 1. The standard InChI is InChI=1S/C25H23N5O5/c1-34-22-14-23(35-2)21(30(32)33)13-17(22)16-26-28-24(31)20-15-25(29-27-20,18-9-5-3-6-10-18)19-11-7-4-8-12-19/h3-14,16,29H,15H2,1-2H3,(H,28,31)/b26-16+. The lowest BCUT2D eigenvalue weighted by molar-refractivity contribution is -0.385. The molecule has 0 saturated carbocycles. The van der Waals surface area contributed by atoms with Crippen molar-refractivity contribution in [2.75, 3.05) is 14.2 Å². The molecule has 4 rings (SSSR count). The van der Waals surface area contributed by atoms with Gasteiger partial charge in [0.15, 0.2) is 0 Å². The fraction of sp³-hybridized carbons (Fsp3) is 0.160. The summed E-state index contributed by atoms with van der Waals surface area (Å²) in [5, 5.41) is 19.6. The first-order valence-electron chi connectivity index (χ1n) is 10.7. The van der Waals surface area contributed by atoms with Crippen LogP contribution in [-0.4, -0.2) is 37.0 Å². The number of nitrogens with one attached hydrogen (secondary N) is 2. The van der Waals surface area contributed by atoms with Gasteiger partial charge in [-0.2, -0.15) is 10.2 Å². The maximum Gasteiger partial charge on any atom is 0.311 e. The van der Waals surface area contributed by atoms with Crippen LogP contribution in [0.25, 0.3) is 0 Å². The first-order valence-corrected chi connectivity index (χ1v) is 10.7. The maximum absolute atomic E-state index is 12.9. The van der Waals surface area contributed by atoms with E-state index < -0.39 is 16.4 Å². The average molecular weight is 473 g/mol. The lowest BCUT2D eigenvalue weighted by Crippen LogP contribution is -2.38. The Morgan fingerprint density at radius 3 is 2.20 bits per heavy atom. The zero-order valence-corrected chi connectivity index (χ0v) is 19.1. The molecule has 2 N–H and O–H groups in total. The van der Waals surface area contributed by atoms with Crippen molar-refractivity contribution in [1.82, 2.24) is 10.9 Å². The molecule has 0 atom stereocenters. The highest BCUT2D eigenvalue weighted by atomic mass is 16.6. The SMILES string of the molecule is COc1cc(OC)c([N+](=O)[O-])cc1/C=N/NC(=O)C1=NNC(c2ccccc2)(c2ccccc2)C1. The highest BCUT2D eigenvalue weighted by Gasteiger charge is 2.41. The van der Waals surface area contributed by atoms with Crippen LogP contribution in [0, 0.1) is 10.1 Å². The highest BCUT2D eigenvalue weighted by molar-refractivity contribution is 6.39. The zero-order valence-electron chi connectivity index (χ0n) is 19.1. The van der Waals surface area contributed by atoms with E-state index in [1.54, 1.807) is 0 Å². The van der Waals surface area contributed by atoms with Gasteiger partial charge in [0, 0.05) is 24.1 Å². The summed E-state index contributed by atoms with van der Waals surface area (Å²) in [6.07, 6.45) is 1.58. The number of hydrazone groups is 2. The summed E-state index contributed by atoms with van der Waals surface area (Å²) in [6, 6.07) is 22.2. The van der Waals surface area contributed by atoms with Gasteiger partial charge >= 0.3 is 5.69 Å². The first kappa shape index (κ1) is 23.4.